The van der Waals surface area contributed by atoms with Crippen LogP contribution in [0.25, 0.3) is 0 Å². The van der Waals surface area contributed by atoms with Crippen molar-refractivity contribution in [1.82, 2.24) is 15.1 Å². The standard InChI is InChI=1S/C21H27N3O4/c1-14-17(20(27)23-22-14)12-19(26)24-9-7-21(8-10-24)13-16(25)11-18(28-21)15-5-3-2-4-6-15/h2-6,16,18,25H,7-13H2,1H3,(H2,22,23,27)/t16-,18-/m1/s1. The minimum absolute atomic E-state index is 0.0426. The molecule has 2 aliphatic rings. The highest BCUT2D eigenvalue weighted by molar-refractivity contribution is 5.79. The van der Waals surface area contributed by atoms with Crippen molar-refractivity contribution < 1.29 is 14.6 Å². The summed E-state index contributed by atoms with van der Waals surface area (Å²) in [6.45, 7) is 2.94. The van der Waals surface area contributed by atoms with Gasteiger partial charge in [0.2, 0.25) is 5.91 Å². The molecule has 7 nitrogen and oxygen atoms in total. The zero-order valence-corrected chi connectivity index (χ0v) is 16.1. The molecule has 0 saturated carbocycles. The average Bonchev–Trinajstić information content (AvgIpc) is 3.00. The minimum Gasteiger partial charge on any atom is -0.393 e. The van der Waals surface area contributed by atoms with Crippen LogP contribution in [0, 0.1) is 6.92 Å². The van der Waals surface area contributed by atoms with Crippen LogP contribution in [0.5, 0.6) is 0 Å². The van der Waals surface area contributed by atoms with Crippen LogP contribution in [-0.2, 0) is 16.0 Å². The maximum atomic E-state index is 12.7. The maximum absolute atomic E-state index is 12.7. The smallest absolute Gasteiger partial charge is 0.267 e. The molecule has 1 aromatic carbocycles. The number of aliphatic hydroxyl groups is 1. The Bertz CT molecular complexity index is 881. The van der Waals surface area contributed by atoms with Gasteiger partial charge in [-0.3, -0.25) is 14.7 Å². The third kappa shape index (κ3) is 3.77. The summed E-state index contributed by atoms with van der Waals surface area (Å²) in [6, 6.07) is 10.0. The van der Waals surface area contributed by atoms with E-state index in [2.05, 4.69) is 10.2 Å². The van der Waals surface area contributed by atoms with Gasteiger partial charge in [-0.1, -0.05) is 30.3 Å². The number of nitrogens with one attached hydrogen (secondary N) is 2. The van der Waals surface area contributed by atoms with Crippen molar-refractivity contribution in [2.45, 2.75) is 56.8 Å². The summed E-state index contributed by atoms with van der Waals surface area (Å²) in [5.41, 5.74) is 1.66. The van der Waals surface area contributed by atoms with Gasteiger partial charge in [-0.05, 0) is 25.3 Å². The molecule has 2 fully saturated rings. The molecular formula is C21H27N3O4. The number of amides is 1. The first kappa shape index (κ1) is 19.0. The quantitative estimate of drug-likeness (QED) is 0.751. The van der Waals surface area contributed by atoms with Crippen LogP contribution in [0.2, 0.25) is 0 Å². The lowest BCUT2D eigenvalue weighted by Crippen LogP contribution is -2.52. The Hall–Kier alpha value is -2.38. The van der Waals surface area contributed by atoms with E-state index in [-0.39, 0.29) is 24.0 Å². The Labute approximate surface area is 163 Å². The second-order valence-corrected chi connectivity index (χ2v) is 8.03. The molecule has 0 bridgehead atoms. The van der Waals surface area contributed by atoms with Gasteiger partial charge in [-0.25, -0.2) is 0 Å². The molecule has 0 aliphatic carbocycles. The predicted octanol–water partition coefficient (Wildman–Crippen LogP) is 1.83. The van der Waals surface area contributed by atoms with Crippen LogP contribution in [0.1, 0.15) is 48.6 Å². The number of aromatic nitrogens is 2. The molecule has 2 saturated heterocycles. The lowest BCUT2D eigenvalue weighted by atomic mass is 9.81. The first-order chi connectivity index (χ1) is 13.5. The van der Waals surface area contributed by atoms with Gasteiger partial charge in [0.15, 0.2) is 0 Å². The molecule has 3 heterocycles. The summed E-state index contributed by atoms with van der Waals surface area (Å²) in [7, 11) is 0. The van der Waals surface area contributed by atoms with Crippen LogP contribution in [-0.4, -0.2) is 50.9 Å². The van der Waals surface area contributed by atoms with Crippen LogP contribution >= 0.6 is 0 Å². The predicted molar refractivity (Wildman–Crippen MR) is 104 cm³/mol. The molecule has 1 aromatic heterocycles. The zero-order valence-electron chi connectivity index (χ0n) is 16.1. The maximum Gasteiger partial charge on any atom is 0.267 e. The van der Waals surface area contributed by atoms with Crippen LogP contribution in [0.3, 0.4) is 0 Å². The molecule has 150 valence electrons. The van der Waals surface area contributed by atoms with E-state index >= 15 is 0 Å². The van der Waals surface area contributed by atoms with E-state index < -0.39 is 11.7 Å². The number of nitrogens with zero attached hydrogens (tertiary/aromatic N) is 1. The van der Waals surface area contributed by atoms with Crippen LogP contribution in [0.15, 0.2) is 35.1 Å². The number of ether oxygens (including phenoxy) is 1. The van der Waals surface area contributed by atoms with E-state index in [4.69, 9.17) is 4.74 Å². The van der Waals surface area contributed by atoms with Gasteiger partial charge in [0.05, 0.1) is 24.2 Å². The number of carbonyl (C=O) groups is 1. The first-order valence-electron chi connectivity index (χ1n) is 9.90. The molecule has 0 unspecified atom stereocenters. The van der Waals surface area contributed by atoms with Crippen molar-refractivity contribution in [1.29, 1.82) is 0 Å². The number of hydrogen-bond donors (Lipinski definition) is 3. The average molecular weight is 385 g/mol. The summed E-state index contributed by atoms with van der Waals surface area (Å²) >= 11 is 0. The van der Waals surface area contributed by atoms with Gasteiger partial charge in [-0.15, -0.1) is 0 Å². The summed E-state index contributed by atoms with van der Waals surface area (Å²) in [5.74, 6) is -0.0426. The number of benzene rings is 1. The number of aromatic amines is 2. The van der Waals surface area contributed by atoms with Crippen molar-refractivity contribution in [2.75, 3.05) is 13.1 Å². The summed E-state index contributed by atoms with van der Waals surface area (Å²) in [4.78, 5) is 26.3. The van der Waals surface area contributed by atoms with Crippen molar-refractivity contribution in [3.05, 3.63) is 57.5 Å². The molecule has 7 heteroatoms. The van der Waals surface area contributed by atoms with Gasteiger partial charge >= 0.3 is 0 Å². The fourth-order valence-electron chi connectivity index (χ4n) is 4.46. The van der Waals surface area contributed by atoms with Gasteiger partial charge in [0, 0.05) is 37.2 Å². The van der Waals surface area contributed by atoms with Crippen molar-refractivity contribution >= 4 is 5.91 Å². The zero-order chi connectivity index (χ0) is 19.7. The number of aryl methyl sites for hydroxylation is 1. The van der Waals surface area contributed by atoms with E-state index in [0.29, 0.717) is 50.0 Å². The van der Waals surface area contributed by atoms with E-state index in [1.807, 2.05) is 30.3 Å². The van der Waals surface area contributed by atoms with Gasteiger partial charge in [-0.2, -0.15) is 0 Å². The summed E-state index contributed by atoms with van der Waals surface area (Å²) in [6.07, 6.45) is 2.19. The normalized spacial score (nSPS) is 24.4. The third-order valence-corrected chi connectivity index (χ3v) is 6.10. The van der Waals surface area contributed by atoms with Crippen molar-refractivity contribution in [3.8, 4) is 0 Å². The molecule has 1 amide bonds. The lowest BCUT2D eigenvalue weighted by Gasteiger charge is -2.48. The van der Waals surface area contributed by atoms with E-state index in [0.717, 1.165) is 5.56 Å². The second kappa shape index (κ2) is 7.56. The fourth-order valence-corrected chi connectivity index (χ4v) is 4.46. The molecule has 1 spiro atoms. The van der Waals surface area contributed by atoms with E-state index in [1.165, 1.54) is 0 Å². The highest BCUT2D eigenvalue weighted by Crippen LogP contribution is 2.42. The van der Waals surface area contributed by atoms with Gasteiger partial charge < -0.3 is 19.8 Å². The first-order valence-corrected chi connectivity index (χ1v) is 9.90. The number of likely N-dealkylation sites (tertiary alicyclic amines) is 1. The Morgan fingerprint density at radius 1 is 1.25 bits per heavy atom. The second-order valence-electron chi connectivity index (χ2n) is 8.03. The molecule has 0 radical (unpaired) electrons. The van der Waals surface area contributed by atoms with Crippen molar-refractivity contribution in [3.63, 3.8) is 0 Å². The summed E-state index contributed by atoms with van der Waals surface area (Å²) in [5, 5.41) is 15.7. The number of hydrogen-bond acceptors (Lipinski definition) is 4. The van der Waals surface area contributed by atoms with E-state index in [1.54, 1.807) is 11.8 Å². The molecule has 4 rings (SSSR count). The Kier molecular flexibility index (Phi) is 5.12. The Balaban J connectivity index is 1.41. The van der Waals surface area contributed by atoms with Crippen molar-refractivity contribution in [2.24, 2.45) is 0 Å². The largest absolute Gasteiger partial charge is 0.393 e. The molecule has 2 aromatic rings. The number of aliphatic hydroxyl groups excluding tert-OH is 1. The fraction of sp³-hybridized carbons (Fsp3) is 0.524. The summed E-state index contributed by atoms with van der Waals surface area (Å²) < 4.78 is 6.49. The minimum atomic E-state index is -0.401. The van der Waals surface area contributed by atoms with Crippen LogP contribution < -0.4 is 5.56 Å². The molecule has 2 atom stereocenters. The topological polar surface area (TPSA) is 98.4 Å². The number of H-pyrrole nitrogens is 2. The number of piperidine rings is 1. The third-order valence-electron chi connectivity index (χ3n) is 6.10. The Morgan fingerprint density at radius 3 is 2.61 bits per heavy atom. The Morgan fingerprint density at radius 2 is 1.96 bits per heavy atom. The monoisotopic (exact) mass is 385 g/mol. The SMILES string of the molecule is Cc1[nH][nH]c(=O)c1CC(=O)N1CCC2(CC1)C[C@H](O)C[C@H](c1ccccc1)O2. The molecule has 28 heavy (non-hydrogen) atoms. The number of rotatable bonds is 3. The highest BCUT2D eigenvalue weighted by atomic mass is 16.5. The molecule has 3 N–H and O–H groups in total. The van der Waals surface area contributed by atoms with Crippen LogP contribution in [0.4, 0.5) is 0 Å². The van der Waals surface area contributed by atoms with Gasteiger partial charge in [0.1, 0.15) is 0 Å². The van der Waals surface area contributed by atoms with E-state index in [9.17, 15) is 14.7 Å². The highest BCUT2D eigenvalue weighted by Gasteiger charge is 2.44. The molecule has 2 aliphatic heterocycles. The number of carbonyl (C=O) groups excluding carboxylic acids is 1. The molecular weight excluding hydrogens is 358 g/mol. The van der Waals surface area contributed by atoms with Gasteiger partial charge in [0.25, 0.3) is 5.56 Å². The lowest BCUT2D eigenvalue weighted by molar-refractivity contribution is -0.185.